The van der Waals surface area contributed by atoms with Crippen molar-refractivity contribution in [2.24, 2.45) is 46.7 Å². The van der Waals surface area contributed by atoms with E-state index < -0.39 is 5.60 Å². The highest BCUT2D eigenvalue weighted by Crippen LogP contribution is 2.65. The van der Waals surface area contributed by atoms with Crippen LogP contribution in [0.4, 0.5) is 0 Å². The molecule has 0 aromatic carbocycles. The van der Waals surface area contributed by atoms with Gasteiger partial charge in [0, 0.05) is 12.0 Å². The van der Waals surface area contributed by atoms with Crippen LogP contribution in [0.25, 0.3) is 0 Å². The summed E-state index contributed by atoms with van der Waals surface area (Å²) in [6, 6.07) is 2.76. The molecule has 9 atom stereocenters. The average Bonchev–Trinajstić information content (AvgIpc) is 3.11. The fourth-order valence-electron chi connectivity index (χ4n) is 7.61. The first-order valence-electron chi connectivity index (χ1n) is 9.38. The molecule has 0 spiro atoms. The summed E-state index contributed by atoms with van der Waals surface area (Å²) >= 11 is 0. The smallest absolute Gasteiger partial charge is 0.0659 e. The van der Waals surface area contributed by atoms with Crippen molar-refractivity contribution >= 4 is 0 Å². The summed E-state index contributed by atoms with van der Waals surface area (Å²) in [5.74, 6) is 3.86. The molecule has 3 heteroatoms. The third-order valence-corrected chi connectivity index (χ3v) is 8.15. The predicted octanol–water partition coefficient (Wildman–Crippen LogP) is 2.83. The van der Waals surface area contributed by atoms with Crippen molar-refractivity contribution in [1.29, 1.82) is 5.26 Å². The van der Waals surface area contributed by atoms with Gasteiger partial charge in [-0.2, -0.15) is 5.26 Å². The lowest BCUT2D eigenvalue weighted by Gasteiger charge is -2.62. The molecule has 0 aromatic rings. The Balaban J connectivity index is 1.37. The molecule has 3 N–H and O–H groups in total. The van der Waals surface area contributed by atoms with Crippen LogP contribution in [-0.2, 0) is 0 Å². The summed E-state index contributed by atoms with van der Waals surface area (Å²) in [6.45, 7) is 0. The van der Waals surface area contributed by atoms with Gasteiger partial charge >= 0.3 is 0 Å². The lowest BCUT2D eigenvalue weighted by Crippen LogP contribution is -2.61. The van der Waals surface area contributed by atoms with Crippen molar-refractivity contribution in [3.8, 4) is 6.07 Å². The molecule has 0 saturated heterocycles. The molecule has 22 heavy (non-hydrogen) atoms. The van der Waals surface area contributed by atoms with Crippen LogP contribution in [0.5, 0.6) is 0 Å². The Labute approximate surface area is 133 Å². The van der Waals surface area contributed by atoms with Crippen LogP contribution in [0, 0.1) is 52.3 Å². The lowest BCUT2D eigenvalue weighted by atomic mass is 9.45. The molecule has 3 nitrogen and oxygen atoms in total. The van der Waals surface area contributed by atoms with Gasteiger partial charge < -0.3 is 10.8 Å². The second kappa shape index (κ2) is 4.28. The van der Waals surface area contributed by atoms with Gasteiger partial charge in [0.05, 0.1) is 11.7 Å². The Morgan fingerprint density at radius 3 is 2.50 bits per heavy atom. The first-order valence-corrected chi connectivity index (χ1v) is 9.38. The minimum absolute atomic E-state index is 0.186. The Morgan fingerprint density at radius 1 is 1.14 bits per heavy atom. The molecule has 6 fully saturated rings. The number of hydrogen-bond donors (Lipinski definition) is 2. The summed E-state index contributed by atoms with van der Waals surface area (Å²) < 4.78 is 0. The van der Waals surface area contributed by atoms with E-state index in [1.165, 1.54) is 25.7 Å². The summed E-state index contributed by atoms with van der Waals surface area (Å²) in [7, 11) is 0. The number of nitriles is 1. The Kier molecular flexibility index (Phi) is 2.68. The van der Waals surface area contributed by atoms with E-state index in [1.54, 1.807) is 0 Å². The monoisotopic (exact) mass is 300 g/mol. The van der Waals surface area contributed by atoms with Gasteiger partial charge in [-0.15, -0.1) is 0 Å². The number of fused-ring (bicyclic) bond motifs is 1. The summed E-state index contributed by atoms with van der Waals surface area (Å²) in [5, 5.41) is 20.4. The SMILES string of the molecule is N#C[C@@H]1C[C@@H]2C[C@@H]2C1C[C@@H](N)C12C[C@@H]3C[C@@H](CC(O)(C3)C1)C2. The van der Waals surface area contributed by atoms with Crippen LogP contribution in [-0.4, -0.2) is 16.7 Å². The molecule has 6 aliphatic rings. The number of nitrogens with zero attached hydrogens (tertiary/aromatic N) is 1. The second-order valence-corrected chi connectivity index (χ2v) is 9.68. The molecule has 0 aromatic heterocycles. The van der Waals surface area contributed by atoms with Crippen LogP contribution in [0.2, 0.25) is 0 Å². The topological polar surface area (TPSA) is 70.0 Å². The Bertz CT molecular complexity index is 524. The molecule has 0 aliphatic heterocycles. The molecule has 3 unspecified atom stereocenters. The first-order chi connectivity index (χ1) is 10.5. The van der Waals surface area contributed by atoms with Gasteiger partial charge in [0.25, 0.3) is 0 Å². The van der Waals surface area contributed by atoms with E-state index in [9.17, 15) is 10.4 Å². The number of hydrogen-bond acceptors (Lipinski definition) is 3. The third-order valence-electron chi connectivity index (χ3n) is 8.15. The van der Waals surface area contributed by atoms with Crippen LogP contribution in [0.3, 0.4) is 0 Å². The van der Waals surface area contributed by atoms with Crippen molar-refractivity contribution in [2.45, 2.75) is 69.4 Å². The van der Waals surface area contributed by atoms with Gasteiger partial charge in [-0.25, -0.2) is 0 Å². The fourth-order valence-corrected chi connectivity index (χ4v) is 7.61. The van der Waals surface area contributed by atoms with E-state index in [0.29, 0.717) is 17.8 Å². The summed E-state index contributed by atoms with van der Waals surface area (Å²) in [4.78, 5) is 0. The minimum Gasteiger partial charge on any atom is -0.390 e. The van der Waals surface area contributed by atoms with Crippen molar-refractivity contribution < 1.29 is 5.11 Å². The zero-order chi connectivity index (χ0) is 15.1. The van der Waals surface area contributed by atoms with Crippen molar-refractivity contribution in [3.05, 3.63) is 0 Å². The van der Waals surface area contributed by atoms with Crippen LogP contribution in [0.15, 0.2) is 0 Å². The maximum atomic E-state index is 10.9. The standard InChI is InChI=1S/C19H28N2O/c20-9-14-2-13-3-15(13)16(14)4-17(21)18-5-11-1-12(6-18)8-19(22,7-11)10-18/h11-17,22H,1-8,10,21H2/t11-,12+,13-,14+,15+,16?,17-,18?,19?/m1/s1. The molecule has 4 bridgehead atoms. The normalized spacial score (nSPS) is 59.1. The Morgan fingerprint density at radius 2 is 1.86 bits per heavy atom. The number of nitrogens with two attached hydrogens (primary N) is 1. The molecule has 120 valence electrons. The third kappa shape index (κ3) is 1.86. The van der Waals surface area contributed by atoms with E-state index in [2.05, 4.69) is 6.07 Å². The predicted molar refractivity (Wildman–Crippen MR) is 83.5 cm³/mol. The number of rotatable bonds is 3. The van der Waals surface area contributed by atoms with Crippen molar-refractivity contribution in [1.82, 2.24) is 0 Å². The van der Waals surface area contributed by atoms with E-state index in [-0.39, 0.29) is 17.4 Å². The largest absolute Gasteiger partial charge is 0.390 e. The van der Waals surface area contributed by atoms with E-state index in [1.807, 2.05) is 0 Å². The van der Waals surface area contributed by atoms with Crippen LogP contribution < -0.4 is 5.73 Å². The lowest BCUT2D eigenvalue weighted by molar-refractivity contribution is -0.172. The van der Waals surface area contributed by atoms with E-state index in [4.69, 9.17) is 5.73 Å². The molecule has 6 saturated carbocycles. The van der Waals surface area contributed by atoms with Crippen LogP contribution >= 0.6 is 0 Å². The molecular weight excluding hydrogens is 272 g/mol. The minimum atomic E-state index is -0.409. The number of aliphatic hydroxyl groups is 1. The average molecular weight is 300 g/mol. The van der Waals surface area contributed by atoms with Crippen molar-refractivity contribution in [2.75, 3.05) is 0 Å². The van der Waals surface area contributed by atoms with Gasteiger partial charge in [-0.3, -0.25) is 0 Å². The highest BCUT2D eigenvalue weighted by atomic mass is 16.3. The highest BCUT2D eigenvalue weighted by Gasteiger charge is 2.60. The Hall–Kier alpha value is -0.590. The molecule has 0 radical (unpaired) electrons. The molecule has 0 heterocycles. The second-order valence-electron chi connectivity index (χ2n) is 9.68. The summed E-state index contributed by atoms with van der Waals surface area (Å²) in [6.07, 6.45) is 10.3. The molecule has 6 rings (SSSR count). The van der Waals surface area contributed by atoms with E-state index in [0.717, 1.165) is 43.9 Å². The maximum absolute atomic E-state index is 10.9. The van der Waals surface area contributed by atoms with Crippen molar-refractivity contribution in [3.63, 3.8) is 0 Å². The zero-order valence-electron chi connectivity index (χ0n) is 13.4. The summed E-state index contributed by atoms with van der Waals surface area (Å²) in [5.41, 5.74) is 6.57. The fraction of sp³-hybridized carbons (Fsp3) is 0.947. The van der Waals surface area contributed by atoms with Gasteiger partial charge in [0.15, 0.2) is 0 Å². The van der Waals surface area contributed by atoms with Gasteiger partial charge in [0.1, 0.15) is 0 Å². The van der Waals surface area contributed by atoms with Gasteiger partial charge in [-0.1, -0.05) is 0 Å². The quantitative estimate of drug-likeness (QED) is 0.842. The van der Waals surface area contributed by atoms with E-state index >= 15 is 0 Å². The maximum Gasteiger partial charge on any atom is 0.0659 e. The molecule has 0 amide bonds. The molecule has 6 aliphatic carbocycles. The highest BCUT2D eigenvalue weighted by molar-refractivity contribution is 5.14. The van der Waals surface area contributed by atoms with Gasteiger partial charge in [-0.05, 0) is 92.8 Å². The zero-order valence-corrected chi connectivity index (χ0v) is 13.4. The molecular formula is C19H28N2O. The van der Waals surface area contributed by atoms with Crippen LogP contribution in [0.1, 0.15) is 57.8 Å². The van der Waals surface area contributed by atoms with Gasteiger partial charge in [0.2, 0.25) is 0 Å². The first kappa shape index (κ1) is 13.8.